The number of halogens is 1. The normalized spacial score (nSPS) is 20.5. The van der Waals surface area contributed by atoms with Crippen LogP contribution in [0.25, 0.3) is 0 Å². The minimum atomic E-state index is -0.505. The molecule has 0 saturated carbocycles. The van der Waals surface area contributed by atoms with Gasteiger partial charge in [-0.1, -0.05) is 0 Å². The molecule has 13 heavy (non-hydrogen) atoms. The van der Waals surface area contributed by atoms with E-state index >= 15 is 0 Å². The first kappa shape index (κ1) is 12.2. The van der Waals surface area contributed by atoms with E-state index in [1.54, 1.807) is 0 Å². The molecule has 1 aliphatic heterocycles. The monoisotopic (exact) mass is 207 g/mol. The number of carbonyl (C=O) groups excluding carboxylic acids is 2. The predicted molar refractivity (Wildman–Crippen MR) is 50.4 cm³/mol. The molecule has 0 unspecified atom stereocenters. The Bertz CT molecular complexity index is 192. The summed E-state index contributed by atoms with van der Waals surface area (Å²) in [5, 5.41) is 5.53. The Balaban J connectivity index is 0.00000144. The lowest BCUT2D eigenvalue weighted by Gasteiger charge is -2.07. The van der Waals surface area contributed by atoms with Gasteiger partial charge in [0.2, 0.25) is 11.8 Å². The van der Waals surface area contributed by atoms with Gasteiger partial charge in [0.25, 0.3) is 0 Å². The Morgan fingerprint density at radius 1 is 1.54 bits per heavy atom. The second kappa shape index (κ2) is 5.77. The zero-order chi connectivity index (χ0) is 8.97. The van der Waals surface area contributed by atoms with Gasteiger partial charge < -0.3 is 16.4 Å². The van der Waals surface area contributed by atoms with Crippen molar-refractivity contribution in [2.24, 2.45) is 11.7 Å². The Kier molecular flexibility index (Phi) is 5.41. The van der Waals surface area contributed by atoms with E-state index in [0.29, 0.717) is 6.54 Å². The maximum Gasteiger partial charge on any atom is 0.236 e. The highest BCUT2D eigenvalue weighted by molar-refractivity contribution is 5.85. The summed E-state index contributed by atoms with van der Waals surface area (Å²) in [5.41, 5.74) is 4.87. The predicted octanol–water partition coefficient (Wildman–Crippen LogP) is -1.38. The molecular weight excluding hydrogens is 194 g/mol. The number of hydrogen-bond acceptors (Lipinski definition) is 3. The summed E-state index contributed by atoms with van der Waals surface area (Å²) in [4.78, 5) is 21.5. The van der Waals surface area contributed by atoms with Crippen molar-refractivity contribution < 1.29 is 9.59 Å². The van der Waals surface area contributed by atoms with Crippen LogP contribution in [0.5, 0.6) is 0 Å². The van der Waals surface area contributed by atoms with Crippen molar-refractivity contribution in [3.8, 4) is 0 Å². The molecule has 0 radical (unpaired) electrons. The molecule has 2 amide bonds. The van der Waals surface area contributed by atoms with Gasteiger partial charge in [-0.3, -0.25) is 9.59 Å². The number of rotatable bonds is 3. The SMILES string of the molecule is Cl.NC(=O)CNC(=O)[C@@H]1CCNC1. The summed E-state index contributed by atoms with van der Waals surface area (Å²) in [5.74, 6) is -0.586. The van der Waals surface area contributed by atoms with Gasteiger partial charge in [-0.2, -0.15) is 0 Å². The summed E-state index contributed by atoms with van der Waals surface area (Å²) >= 11 is 0. The Morgan fingerprint density at radius 2 is 2.23 bits per heavy atom. The molecule has 0 aromatic rings. The van der Waals surface area contributed by atoms with Crippen molar-refractivity contribution in [1.82, 2.24) is 10.6 Å². The molecular formula is C7H14ClN3O2. The van der Waals surface area contributed by atoms with Gasteiger partial charge >= 0.3 is 0 Å². The second-order valence-corrected chi connectivity index (χ2v) is 2.87. The third-order valence-corrected chi connectivity index (χ3v) is 1.87. The maximum absolute atomic E-state index is 11.2. The lowest BCUT2D eigenvalue weighted by Crippen LogP contribution is -2.37. The number of primary amides is 1. The van der Waals surface area contributed by atoms with Crippen LogP contribution in [0, 0.1) is 5.92 Å². The molecule has 0 aromatic carbocycles. The number of hydrogen-bond donors (Lipinski definition) is 3. The molecule has 1 rings (SSSR count). The first-order valence-corrected chi connectivity index (χ1v) is 3.97. The van der Waals surface area contributed by atoms with Gasteiger partial charge in [0.1, 0.15) is 0 Å². The third kappa shape index (κ3) is 4.10. The van der Waals surface area contributed by atoms with E-state index in [1.807, 2.05) is 0 Å². The molecule has 1 aliphatic rings. The van der Waals surface area contributed by atoms with Crippen LogP contribution in [0.2, 0.25) is 0 Å². The number of nitrogens with two attached hydrogens (primary N) is 1. The standard InChI is InChI=1S/C7H13N3O2.ClH/c8-6(11)4-10-7(12)5-1-2-9-3-5;/h5,9H,1-4H2,(H2,8,11)(H,10,12);1H/t5-;/m1./s1. The highest BCUT2D eigenvalue weighted by Crippen LogP contribution is 2.06. The smallest absolute Gasteiger partial charge is 0.236 e. The van der Waals surface area contributed by atoms with Crippen LogP contribution >= 0.6 is 12.4 Å². The highest BCUT2D eigenvalue weighted by Gasteiger charge is 2.21. The van der Waals surface area contributed by atoms with Crippen LogP contribution in [-0.2, 0) is 9.59 Å². The summed E-state index contributed by atoms with van der Waals surface area (Å²) in [6, 6.07) is 0. The van der Waals surface area contributed by atoms with E-state index in [9.17, 15) is 9.59 Å². The Hall–Kier alpha value is -0.810. The lowest BCUT2D eigenvalue weighted by molar-refractivity contribution is -0.127. The van der Waals surface area contributed by atoms with Crippen LogP contribution in [-0.4, -0.2) is 31.4 Å². The van der Waals surface area contributed by atoms with Crippen molar-refractivity contribution in [3.05, 3.63) is 0 Å². The summed E-state index contributed by atoms with van der Waals surface area (Å²) in [6.45, 7) is 1.51. The van der Waals surface area contributed by atoms with Gasteiger partial charge in [-0.05, 0) is 13.0 Å². The van der Waals surface area contributed by atoms with Crippen molar-refractivity contribution in [1.29, 1.82) is 0 Å². The molecule has 6 heteroatoms. The molecule has 1 fully saturated rings. The molecule has 4 N–H and O–H groups in total. The topological polar surface area (TPSA) is 84.2 Å². The van der Waals surface area contributed by atoms with Gasteiger partial charge in [0.05, 0.1) is 12.5 Å². The van der Waals surface area contributed by atoms with Crippen LogP contribution in [0.15, 0.2) is 0 Å². The fraction of sp³-hybridized carbons (Fsp3) is 0.714. The van der Waals surface area contributed by atoms with E-state index in [-0.39, 0.29) is 30.8 Å². The van der Waals surface area contributed by atoms with Crippen molar-refractivity contribution in [3.63, 3.8) is 0 Å². The molecule has 1 heterocycles. The Labute approximate surface area is 82.8 Å². The molecule has 1 atom stereocenters. The van der Waals surface area contributed by atoms with Gasteiger partial charge in [0.15, 0.2) is 0 Å². The molecule has 5 nitrogen and oxygen atoms in total. The van der Waals surface area contributed by atoms with E-state index in [1.165, 1.54) is 0 Å². The molecule has 76 valence electrons. The van der Waals surface area contributed by atoms with Crippen molar-refractivity contribution in [2.75, 3.05) is 19.6 Å². The third-order valence-electron chi connectivity index (χ3n) is 1.87. The molecule has 0 spiro atoms. The van der Waals surface area contributed by atoms with Crippen molar-refractivity contribution in [2.45, 2.75) is 6.42 Å². The van der Waals surface area contributed by atoms with Gasteiger partial charge in [-0.15, -0.1) is 12.4 Å². The number of carbonyl (C=O) groups is 2. The van der Waals surface area contributed by atoms with Crippen molar-refractivity contribution >= 4 is 24.2 Å². The average molecular weight is 208 g/mol. The number of amides is 2. The zero-order valence-corrected chi connectivity index (χ0v) is 8.02. The molecule has 1 saturated heterocycles. The maximum atomic E-state index is 11.2. The molecule has 0 bridgehead atoms. The minimum Gasteiger partial charge on any atom is -0.368 e. The second-order valence-electron chi connectivity index (χ2n) is 2.87. The average Bonchev–Trinajstić information content (AvgIpc) is 2.51. The molecule has 0 aromatic heterocycles. The van der Waals surface area contributed by atoms with E-state index in [4.69, 9.17) is 5.73 Å². The van der Waals surface area contributed by atoms with Gasteiger partial charge in [-0.25, -0.2) is 0 Å². The van der Waals surface area contributed by atoms with Crippen LogP contribution < -0.4 is 16.4 Å². The van der Waals surface area contributed by atoms with E-state index in [2.05, 4.69) is 10.6 Å². The first-order valence-electron chi connectivity index (χ1n) is 3.97. The van der Waals surface area contributed by atoms with E-state index < -0.39 is 5.91 Å². The van der Waals surface area contributed by atoms with E-state index in [0.717, 1.165) is 13.0 Å². The van der Waals surface area contributed by atoms with Gasteiger partial charge in [0, 0.05) is 6.54 Å². The highest BCUT2D eigenvalue weighted by atomic mass is 35.5. The largest absolute Gasteiger partial charge is 0.368 e. The fourth-order valence-corrected chi connectivity index (χ4v) is 1.20. The quantitative estimate of drug-likeness (QED) is 0.533. The van der Waals surface area contributed by atoms with Crippen LogP contribution in [0.3, 0.4) is 0 Å². The first-order chi connectivity index (χ1) is 5.70. The minimum absolute atomic E-state index is 0. The zero-order valence-electron chi connectivity index (χ0n) is 7.21. The summed E-state index contributed by atoms with van der Waals surface area (Å²) in [7, 11) is 0. The lowest BCUT2D eigenvalue weighted by atomic mass is 10.1. The summed E-state index contributed by atoms with van der Waals surface area (Å²) < 4.78 is 0. The fourth-order valence-electron chi connectivity index (χ4n) is 1.20. The summed E-state index contributed by atoms with van der Waals surface area (Å²) in [6.07, 6.45) is 0.838. The number of nitrogens with one attached hydrogen (secondary N) is 2. The molecule has 0 aliphatic carbocycles. The van der Waals surface area contributed by atoms with Crippen LogP contribution in [0.4, 0.5) is 0 Å². The Morgan fingerprint density at radius 3 is 2.69 bits per heavy atom. The van der Waals surface area contributed by atoms with Crippen LogP contribution in [0.1, 0.15) is 6.42 Å².